The highest BCUT2D eigenvalue weighted by atomic mass is 19.2. The van der Waals surface area contributed by atoms with Crippen molar-refractivity contribution in [2.45, 2.75) is 0 Å². The lowest BCUT2D eigenvalue weighted by Crippen LogP contribution is -2.02. The third-order valence-electron chi connectivity index (χ3n) is 4.53. The largest absolute Gasteiger partial charge is 0.332 e. The van der Waals surface area contributed by atoms with Gasteiger partial charge in [-0.3, -0.25) is 4.98 Å². The van der Waals surface area contributed by atoms with Gasteiger partial charge in [-0.25, -0.2) is 17.9 Å². The molecular formula is C21H11F3N6O. The maximum Gasteiger partial charge on any atom is 0.281 e. The Morgan fingerprint density at radius 3 is 2.42 bits per heavy atom. The maximum absolute atomic E-state index is 14.5. The van der Waals surface area contributed by atoms with Crippen LogP contribution in [0.5, 0.6) is 0 Å². The summed E-state index contributed by atoms with van der Waals surface area (Å²) in [6.07, 6.45) is 3.11. The van der Waals surface area contributed by atoms with Crippen molar-refractivity contribution < 1.29 is 17.7 Å². The van der Waals surface area contributed by atoms with Gasteiger partial charge in [0.1, 0.15) is 17.2 Å². The molecule has 0 radical (unpaired) electrons. The van der Waals surface area contributed by atoms with E-state index in [0.717, 1.165) is 6.07 Å². The molecule has 0 aliphatic heterocycles. The maximum atomic E-state index is 14.5. The number of hydrogen-bond donors (Lipinski definition) is 0. The monoisotopic (exact) mass is 420 g/mol. The van der Waals surface area contributed by atoms with E-state index in [-0.39, 0.29) is 28.7 Å². The van der Waals surface area contributed by atoms with Crippen molar-refractivity contribution in [3.63, 3.8) is 0 Å². The third-order valence-corrected chi connectivity index (χ3v) is 4.53. The Kier molecular flexibility index (Phi) is 4.51. The van der Waals surface area contributed by atoms with Crippen molar-refractivity contribution in [1.82, 2.24) is 30.1 Å². The van der Waals surface area contributed by atoms with Crippen molar-refractivity contribution in [3.05, 3.63) is 84.4 Å². The molecule has 0 atom stereocenters. The molecular weight excluding hydrogens is 409 g/mol. The van der Waals surface area contributed by atoms with Crippen LogP contribution < -0.4 is 0 Å². The van der Waals surface area contributed by atoms with E-state index in [1.165, 1.54) is 22.9 Å². The van der Waals surface area contributed by atoms with Crippen LogP contribution in [0, 0.1) is 17.5 Å². The topological polar surface area (TPSA) is 82.5 Å². The molecule has 0 amide bonds. The van der Waals surface area contributed by atoms with Crippen molar-refractivity contribution in [2.24, 2.45) is 0 Å². The van der Waals surface area contributed by atoms with Gasteiger partial charge in [0.25, 0.3) is 5.89 Å². The highest BCUT2D eigenvalue weighted by molar-refractivity contribution is 5.76. The average molecular weight is 420 g/mol. The third kappa shape index (κ3) is 3.23. The van der Waals surface area contributed by atoms with Crippen LogP contribution in [0.3, 0.4) is 0 Å². The standard InChI is InChI=1S/C21H11F3N6O/c22-14-5-1-2-7-16(14)30-19(12-8-10-25-11-9-12)18(27-29-30)21-26-20(28-31-21)13-4-3-6-15(23)17(13)24/h1-11H. The second-order valence-corrected chi connectivity index (χ2v) is 6.41. The summed E-state index contributed by atoms with van der Waals surface area (Å²) >= 11 is 0. The van der Waals surface area contributed by atoms with E-state index in [9.17, 15) is 13.2 Å². The first-order valence-corrected chi connectivity index (χ1v) is 9.03. The smallest absolute Gasteiger partial charge is 0.281 e. The highest BCUT2D eigenvalue weighted by Crippen LogP contribution is 2.33. The lowest BCUT2D eigenvalue weighted by atomic mass is 10.1. The predicted molar refractivity (Wildman–Crippen MR) is 103 cm³/mol. The molecule has 5 rings (SSSR count). The second-order valence-electron chi connectivity index (χ2n) is 6.41. The Hall–Kier alpha value is -4.34. The highest BCUT2D eigenvalue weighted by Gasteiger charge is 2.25. The van der Waals surface area contributed by atoms with Gasteiger partial charge in [-0.2, -0.15) is 4.98 Å². The Morgan fingerprint density at radius 2 is 1.61 bits per heavy atom. The summed E-state index contributed by atoms with van der Waals surface area (Å²) in [5.74, 6) is -2.89. The molecule has 0 fully saturated rings. The van der Waals surface area contributed by atoms with Gasteiger partial charge in [-0.05, 0) is 36.4 Å². The number of benzene rings is 2. The molecule has 0 N–H and O–H groups in total. The van der Waals surface area contributed by atoms with Gasteiger partial charge >= 0.3 is 0 Å². The molecule has 3 heterocycles. The number of nitrogens with zero attached hydrogens (tertiary/aromatic N) is 6. The fraction of sp³-hybridized carbons (Fsp3) is 0. The molecule has 0 saturated carbocycles. The first-order valence-electron chi connectivity index (χ1n) is 9.03. The molecule has 0 bridgehead atoms. The minimum Gasteiger partial charge on any atom is -0.332 e. The lowest BCUT2D eigenvalue weighted by Gasteiger charge is -2.08. The van der Waals surface area contributed by atoms with Gasteiger partial charge in [0.2, 0.25) is 5.82 Å². The van der Waals surface area contributed by atoms with E-state index < -0.39 is 17.5 Å². The molecule has 0 aliphatic rings. The molecule has 7 nitrogen and oxygen atoms in total. The molecule has 0 aliphatic carbocycles. The normalized spacial score (nSPS) is 11.1. The van der Waals surface area contributed by atoms with Crippen LogP contribution in [0.4, 0.5) is 13.2 Å². The van der Waals surface area contributed by atoms with Crippen LogP contribution in [0.25, 0.3) is 39.9 Å². The van der Waals surface area contributed by atoms with E-state index in [1.807, 2.05) is 0 Å². The minimum atomic E-state index is -1.10. The molecule has 31 heavy (non-hydrogen) atoms. The molecule has 0 unspecified atom stereocenters. The van der Waals surface area contributed by atoms with Crippen LogP contribution in [-0.4, -0.2) is 30.1 Å². The van der Waals surface area contributed by atoms with Gasteiger partial charge in [-0.15, -0.1) is 5.10 Å². The summed E-state index contributed by atoms with van der Waals surface area (Å²) < 4.78 is 48.7. The number of aromatic nitrogens is 6. The van der Waals surface area contributed by atoms with Crippen LogP contribution in [0.15, 0.2) is 71.5 Å². The predicted octanol–water partition coefficient (Wildman–Crippen LogP) is 4.46. The van der Waals surface area contributed by atoms with Gasteiger partial charge in [0.15, 0.2) is 17.3 Å². The summed E-state index contributed by atoms with van der Waals surface area (Å²) in [5, 5.41) is 11.9. The van der Waals surface area contributed by atoms with E-state index >= 15 is 0 Å². The number of halogens is 3. The van der Waals surface area contributed by atoms with Crippen molar-refractivity contribution >= 4 is 0 Å². The fourth-order valence-electron chi connectivity index (χ4n) is 3.09. The van der Waals surface area contributed by atoms with E-state index in [4.69, 9.17) is 4.52 Å². The zero-order valence-electron chi connectivity index (χ0n) is 15.6. The first-order chi connectivity index (χ1) is 15.1. The van der Waals surface area contributed by atoms with Gasteiger partial charge in [-0.1, -0.05) is 28.6 Å². The van der Waals surface area contributed by atoms with E-state index in [0.29, 0.717) is 11.3 Å². The summed E-state index contributed by atoms with van der Waals surface area (Å²) in [5.41, 5.74) is 1.10. The summed E-state index contributed by atoms with van der Waals surface area (Å²) in [6, 6.07) is 13.1. The molecule has 0 spiro atoms. The fourth-order valence-corrected chi connectivity index (χ4v) is 3.09. The summed E-state index contributed by atoms with van der Waals surface area (Å²) in [4.78, 5) is 8.15. The molecule has 0 saturated heterocycles. The number of para-hydroxylation sites is 1. The Morgan fingerprint density at radius 1 is 0.839 bits per heavy atom. The molecule has 5 aromatic rings. The van der Waals surface area contributed by atoms with Crippen LogP contribution in [-0.2, 0) is 0 Å². The van der Waals surface area contributed by atoms with Crippen molar-refractivity contribution in [2.75, 3.05) is 0 Å². The Balaban J connectivity index is 1.68. The van der Waals surface area contributed by atoms with E-state index in [1.54, 1.807) is 42.7 Å². The van der Waals surface area contributed by atoms with Crippen molar-refractivity contribution in [3.8, 4) is 39.9 Å². The van der Waals surface area contributed by atoms with Gasteiger partial charge in [0.05, 0.1) is 5.56 Å². The van der Waals surface area contributed by atoms with Crippen LogP contribution in [0.1, 0.15) is 0 Å². The van der Waals surface area contributed by atoms with Gasteiger partial charge in [0, 0.05) is 18.0 Å². The SMILES string of the molecule is Fc1ccccc1-n1nnc(-c2nc(-c3cccc(F)c3F)no2)c1-c1ccncc1. The van der Waals surface area contributed by atoms with Crippen molar-refractivity contribution in [1.29, 1.82) is 0 Å². The minimum absolute atomic E-state index is 0.0898. The zero-order chi connectivity index (χ0) is 21.4. The zero-order valence-corrected chi connectivity index (χ0v) is 15.6. The number of rotatable bonds is 4. The Labute approximate surface area is 172 Å². The molecule has 2 aromatic carbocycles. The molecule has 3 aromatic heterocycles. The second kappa shape index (κ2) is 7.48. The molecule has 10 heteroatoms. The van der Waals surface area contributed by atoms with Crippen LogP contribution >= 0.6 is 0 Å². The summed E-state index contributed by atoms with van der Waals surface area (Å²) in [6.45, 7) is 0. The summed E-state index contributed by atoms with van der Waals surface area (Å²) in [7, 11) is 0. The number of hydrogen-bond acceptors (Lipinski definition) is 6. The lowest BCUT2D eigenvalue weighted by molar-refractivity contribution is 0.430. The molecule has 152 valence electrons. The Bertz CT molecular complexity index is 1380. The number of pyridine rings is 1. The van der Waals surface area contributed by atoms with Crippen LogP contribution in [0.2, 0.25) is 0 Å². The van der Waals surface area contributed by atoms with Gasteiger partial charge < -0.3 is 4.52 Å². The van der Waals surface area contributed by atoms with E-state index in [2.05, 4.69) is 25.4 Å². The first kappa shape index (κ1) is 18.7. The average Bonchev–Trinajstić information content (AvgIpc) is 3.44. The quantitative estimate of drug-likeness (QED) is 0.427.